The zero-order chi connectivity index (χ0) is 22.8. The van der Waals surface area contributed by atoms with Crippen molar-refractivity contribution < 1.29 is 14.3 Å². The molecular weight excluding hydrogens is 423 g/mol. The Kier molecular flexibility index (Phi) is 6.43. The average Bonchev–Trinajstić information content (AvgIpc) is 3.29. The van der Waals surface area contributed by atoms with Crippen molar-refractivity contribution in [1.82, 2.24) is 25.3 Å². The van der Waals surface area contributed by atoms with Crippen LogP contribution < -0.4 is 5.32 Å². The molecule has 10 heteroatoms. The van der Waals surface area contributed by atoms with E-state index in [0.717, 1.165) is 0 Å². The van der Waals surface area contributed by atoms with E-state index in [1.54, 1.807) is 42.9 Å². The van der Waals surface area contributed by atoms with Gasteiger partial charge in [0.15, 0.2) is 0 Å². The molecule has 0 unspecified atom stereocenters. The summed E-state index contributed by atoms with van der Waals surface area (Å²) in [5.74, 6) is -1.05. The molecule has 0 fully saturated rings. The molecule has 2 heterocycles. The van der Waals surface area contributed by atoms with E-state index in [1.165, 1.54) is 12.1 Å². The molecule has 1 atom stereocenters. The highest BCUT2D eigenvalue weighted by atomic mass is 35.5. The van der Waals surface area contributed by atoms with Crippen LogP contribution in [-0.2, 0) is 13.0 Å². The Labute approximate surface area is 183 Å². The first kappa shape index (κ1) is 22.5. The SMILES string of the molecule is C[C@@H](Cn1ccc(-c2cc(F)c(C#N)c(Cl)c2)n1)NC(=O)c1cc(CC(C)(C)O)[nH]n1. The Morgan fingerprint density at radius 2 is 2.19 bits per heavy atom. The van der Waals surface area contributed by atoms with E-state index in [-0.39, 0.29) is 28.2 Å². The molecule has 162 valence electrons. The van der Waals surface area contributed by atoms with Gasteiger partial charge in [-0.25, -0.2) is 4.39 Å². The lowest BCUT2D eigenvalue weighted by atomic mass is 10.0. The Morgan fingerprint density at radius 3 is 2.84 bits per heavy atom. The molecule has 8 nitrogen and oxygen atoms in total. The summed E-state index contributed by atoms with van der Waals surface area (Å²) >= 11 is 5.96. The van der Waals surface area contributed by atoms with Crippen molar-refractivity contribution in [2.45, 2.75) is 45.4 Å². The van der Waals surface area contributed by atoms with Crippen LogP contribution in [0.1, 0.15) is 42.5 Å². The fraction of sp³-hybridized carbons (Fsp3) is 0.333. The zero-order valence-electron chi connectivity index (χ0n) is 17.3. The van der Waals surface area contributed by atoms with Crippen molar-refractivity contribution >= 4 is 17.5 Å². The van der Waals surface area contributed by atoms with Gasteiger partial charge in [0.05, 0.1) is 22.9 Å². The molecular formula is C21H22ClFN6O2. The molecule has 0 aliphatic carbocycles. The van der Waals surface area contributed by atoms with Gasteiger partial charge < -0.3 is 10.4 Å². The molecule has 0 saturated carbocycles. The van der Waals surface area contributed by atoms with Gasteiger partial charge in [0, 0.05) is 29.9 Å². The Morgan fingerprint density at radius 1 is 1.45 bits per heavy atom. The highest BCUT2D eigenvalue weighted by Gasteiger charge is 2.19. The smallest absolute Gasteiger partial charge is 0.272 e. The topological polar surface area (TPSA) is 120 Å². The number of halogens is 2. The number of hydrogen-bond donors (Lipinski definition) is 3. The van der Waals surface area contributed by atoms with Gasteiger partial charge in [0.25, 0.3) is 5.91 Å². The summed E-state index contributed by atoms with van der Waals surface area (Å²) in [6.07, 6.45) is 2.05. The fourth-order valence-corrected chi connectivity index (χ4v) is 3.35. The largest absolute Gasteiger partial charge is 0.390 e. The van der Waals surface area contributed by atoms with Crippen LogP contribution in [0.3, 0.4) is 0 Å². The van der Waals surface area contributed by atoms with Crippen molar-refractivity contribution in [3.05, 3.63) is 58.3 Å². The number of aromatic nitrogens is 4. The summed E-state index contributed by atoms with van der Waals surface area (Å²) in [7, 11) is 0. The van der Waals surface area contributed by atoms with Crippen LogP contribution >= 0.6 is 11.6 Å². The number of H-pyrrole nitrogens is 1. The summed E-state index contributed by atoms with van der Waals surface area (Å²) in [5.41, 5.74) is 0.726. The van der Waals surface area contributed by atoms with E-state index in [1.807, 2.05) is 6.92 Å². The molecule has 3 aromatic rings. The van der Waals surface area contributed by atoms with Crippen molar-refractivity contribution in [3.8, 4) is 17.3 Å². The van der Waals surface area contributed by atoms with E-state index >= 15 is 0 Å². The molecule has 3 N–H and O–H groups in total. The number of carbonyl (C=O) groups is 1. The van der Waals surface area contributed by atoms with Crippen LogP contribution in [0.15, 0.2) is 30.5 Å². The summed E-state index contributed by atoms with van der Waals surface area (Å²) in [5, 5.41) is 32.8. The zero-order valence-corrected chi connectivity index (χ0v) is 18.0. The monoisotopic (exact) mass is 444 g/mol. The molecule has 0 aliphatic rings. The van der Waals surface area contributed by atoms with E-state index in [9.17, 15) is 14.3 Å². The lowest BCUT2D eigenvalue weighted by Gasteiger charge is -2.14. The number of nitrogens with zero attached hydrogens (tertiary/aromatic N) is 4. The number of hydrogen-bond acceptors (Lipinski definition) is 5. The van der Waals surface area contributed by atoms with Crippen molar-refractivity contribution in [1.29, 1.82) is 5.26 Å². The van der Waals surface area contributed by atoms with E-state index < -0.39 is 11.4 Å². The second-order valence-corrected chi connectivity index (χ2v) is 8.40. The van der Waals surface area contributed by atoms with Crippen LogP contribution in [0.5, 0.6) is 0 Å². The predicted molar refractivity (Wildman–Crippen MR) is 113 cm³/mol. The van der Waals surface area contributed by atoms with Crippen LogP contribution in [0.4, 0.5) is 4.39 Å². The van der Waals surface area contributed by atoms with Gasteiger partial charge in [0.1, 0.15) is 23.1 Å². The number of carbonyl (C=O) groups excluding carboxylic acids is 1. The number of nitriles is 1. The van der Waals surface area contributed by atoms with Gasteiger partial charge in [-0.1, -0.05) is 11.6 Å². The number of benzene rings is 1. The highest BCUT2D eigenvalue weighted by Crippen LogP contribution is 2.26. The van der Waals surface area contributed by atoms with Crippen molar-refractivity contribution in [2.24, 2.45) is 0 Å². The second-order valence-electron chi connectivity index (χ2n) is 7.99. The Balaban J connectivity index is 1.63. The maximum atomic E-state index is 14.0. The Hall–Kier alpha value is -3.22. The first-order valence-electron chi connectivity index (χ1n) is 9.56. The van der Waals surface area contributed by atoms with Crippen LogP contribution in [0.25, 0.3) is 11.3 Å². The summed E-state index contributed by atoms with van der Waals surface area (Å²) in [6.45, 7) is 5.55. The van der Waals surface area contributed by atoms with Crippen LogP contribution in [-0.4, -0.2) is 42.6 Å². The van der Waals surface area contributed by atoms with Gasteiger partial charge in [-0.05, 0) is 45.0 Å². The normalized spacial score (nSPS) is 12.4. The molecule has 0 aliphatic heterocycles. The molecule has 31 heavy (non-hydrogen) atoms. The molecule has 1 aromatic carbocycles. The highest BCUT2D eigenvalue weighted by molar-refractivity contribution is 6.32. The Bertz CT molecular complexity index is 1120. The van der Waals surface area contributed by atoms with E-state index in [0.29, 0.717) is 29.9 Å². The fourth-order valence-electron chi connectivity index (χ4n) is 3.10. The third-order valence-corrected chi connectivity index (χ3v) is 4.71. The first-order valence-corrected chi connectivity index (χ1v) is 9.94. The lowest BCUT2D eigenvalue weighted by molar-refractivity contribution is 0.0798. The number of nitrogens with one attached hydrogen (secondary N) is 2. The van der Waals surface area contributed by atoms with Gasteiger partial charge in [-0.3, -0.25) is 14.6 Å². The van der Waals surface area contributed by atoms with Gasteiger partial charge in [-0.15, -0.1) is 0 Å². The minimum atomic E-state index is -0.909. The average molecular weight is 445 g/mol. The molecule has 0 radical (unpaired) electrons. The maximum absolute atomic E-state index is 14.0. The number of rotatable bonds is 7. The van der Waals surface area contributed by atoms with Crippen molar-refractivity contribution in [3.63, 3.8) is 0 Å². The third-order valence-electron chi connectivity index (χ3n) is 4.42. The molecule has 1 amide bonds. The van der Waals surface area contributed by atoms with Gasteiger partial charge >= 0.3 is 0 Å². The van der Waals surface area contributed by atoms with Gasteiger partial charge in [0.2, 0.25) is 0 Å². The predicted octanol–water partition coefficient (Wildman–Crippen LogP) is 3.07. The van der Waals surface area contributed by atoms with E-state index in [2.05, 4.69) is 20.6 Å². The second kappa shape index (κ2) is 8.88. The summed E-state index contributed by atoms with van der Waals surface area (Å²) < 4.78 is 15.6. The summed E-state index contributed by atoms with van der Waals surface area (Å²) in [6, 6.07) is 7.46. The first-order chi connectivity index (χ1) is 14.6. The molecule has 0 saturated heterocycles. The summed E-state index contributed by atoms with van der Waals surface area (Å²) in [4.78, 5) is 12.4. The third kappa shape index (κ3) is 5.69. The van der Waals surface area contributed by atoms with Crippen molar-refractivity contribution in [2.75, 3.05) is 0 Å². The maximum Gasteiger partial charge on any atom is 0.272 e. The van der Waals surface area contributed by atoms with Crippen LogP contribution in [0, 0.1) is 17.1 Å². The number of aliphatic hydroxyl groups is 1. The number of amides is 1. The quantitative estimate of drug-likeness (QED) is 0.517. The minimum absolute atomic E-state index is 0.0237. The standard InChI is InChI=1S/C21H22ClFN6O2/c1-12(25-20(30)19-8-14(26-27-19)9-21(2,3)31)11-29-5-4-18(28-29)13-6-16(22)15(10-24)17(23)7-13/h4-8,12,31H,9,11H2,1-3H3,(H,25,30)(H,26,27)/t12-/m0/s1. The molecule has 3 rings (SSSR count). The lowest BCUT2D eigenvalue weighted by Crippen LogP contribution is -2.36. The van der Waals surface area contributed by atoms with Crippen LogP contribution in [0.2, 0.25) is 5.02 Å². The molecule has 0 spiro atoms. The minimum Gasteiger partial charge on any atom is -0.390 e. The molecule has 2 aromatic heterocycles. The molecule has 0 bridgehead atoms. The van der Waals surface area contributed by atoms with Gasteiger partial charge in [-0.2, -0.15) is 15.5 Å². The van der Waals surface area contributed by atoms with E-state index in [4.69, 9.17) is 16.9 Å². The number of aromatic amines is 1.